The summed E-state index contributed by atoms with van der Waals surface area (Å²) in [5.74, 6) is -1.48. The van der Waals surface area contributed by atoms with Gasteiger partial charge in [-0.05, 0) is 42.3 Å². The number of amides is 1. The van der Waals surface area contributed by atoms with Crippen molar-refractivity contribution in [3.05, 3.63) is 70.3 Å². The molecule has 3 aromatic rings. The molecule has 0 spiro atoms. The summed E-state index contributed by atoms with van der Waals surface area (Å²) in [4.78, 5) is 17.6. The van der Waals surface area contributed by atoms with Gasteiger partial charge in [0.1, 0.15) is 16.6 Å². The van der Waals surface area contributed by atoms with Crippen LogP contribution in [0.15, 0.2) is 48.7 Å². The summed E-state index contributed by atoms with van der Waals surface area (Å²) in [5, 5.41) is 3.35. The molecule has 1 heterocycles. The zero-order chi connectivity index (χ0) is 20.3. The van der Waals surface area contributed by atoms with E-state index in [-0.39, 0.29) is 16.7 Å². The van der Waals surface area contributed by atoms with Crippen LogP contribution in [0, 0.1) is 17.6 Å². The quantitative estimate of drug-likeness (QED) is 0.559. The van der Waals surface area contributed by atoms with Gasteiger partial charge in [0.05, 0.1) is 15.9 Å². The van der Waals surface area contributed by atoms with E-state index in [0.717, 1.165) is 10.4 Å². The summed E-state index contributed by atoms with van der Waals surface area (Å²) in [7, 11) is 0. The van der Waals surface area contributed by atoms with Crippen LogP contribution < -0.4 is 11.1 Å². The van der Waals surface area contributed by atoms with Gasteiger partial charge in [0.2, 0.25) is 5.91 Å². The Labute approximate surface area is 170 Å². The molecular weight excluding hydrogens is 404 g/mol. The molecule has 146 valence electrons. The predicted octanol–water partition coefficient (Wildman–Crippen LogP) is 5.41. The number of rotatable bonds is 6. The summed E-state index contributed by atoms with van der Waals surface area (Å²) in [5.41, 5.74) is 7.50. The summed E-state index contributed by atoms with van der Waals surface area (Å²) in [6.45, 7) is 1.76. The summed E-state index contributed by atoms with van der Waals surface area (Å²) < 4.78 is 26.3. The normalized spacial score (nSPS) is 13.2. The lowest BCUT2D eigenvalue weighted by Crippen LogP contribution is -2.24. The maximum absolute atomic E-state index is 13.2. The van der Waals surface area contributed by atoms with Crippen molar-refractivity contribution in [1.82, 2.24) is 4.98 Å². The Morgan fingerprint density at radius 3 is 2.64 bits per heavy atom. The van der Waals surface area contributed by atoms with Crippen molar-refractivity contribution in [1.29, 1.82) is 0 Å². The van der Waals surface area contributed by atoms with Crippen molar-refractivity contribution in [3.8, 4) is 10.4 Å². The minimum Gasteiger partial charge on any atom is -0.326 e. The van der Waals surface area contributed by atoms with Crippen LogP contribution in [0.4, 0.5) is 14.5 Å². The second-order valence-electron chi connectivity index (χ2n) is 6.43. The zero-order valence-electron chi connectivity index (χ0n) is 15.0. The minimum atomic E-state index is -0.546. The Morgan fingerprint density at radius 1 is 1.25 bits per heavy atom. The van der Waals surface area contributed by atoms with Gasteiger partial charge in [-0.15, -0.1) is 11.3 Å². The molecule has 0 bridgehead atoms. The molecule has 0 saturated carbocycles. The molecule has 0 radical (unpaired) electrons. The molecule has 0 aliphatic rings. The zero-order valence-corrected chi connectivity index (χ0v) is 16.5. The number of anilines is 1. The Bertz CT molecular complexity index is 978. The van der Waals surface area contributed by atoms with E-state index in [2.05, 4.69) is 10.3 Å². The minimum absolute atomic E-state index is 0.0572. The lowest BCUT2D eigenvalue weighted by Gasteiger charge is -2.16. The highest BCUT2D eigenvalue weighted by molar-refractivity contribution is 7.15. The van der Waals surface area contributed by atoms with Crippen LogP contribution in [0.1, 0.15) is 24.4 Å². The van der Waals surface area contributed by atoms with Gasteiger partial charge in [0.15, 0.2) is 0 Å². The van der Waals surface area contributed by atoms with Crippen molar-refractivity contribution >= 4 is 34.5 Å². The number of aromatic nitrogens is 1. The van der Waals surface area contributed by atoms with E-state index >= 15 is 0 Å². The van der Waals surface area contributed by atoms with E-state index in [1.54, 1.807) is 25.3 Å². The van der Waals surface area contributed by atoms with Crippen molar-refractivity contribution in [2.24, 2.45) is 11.7 Å². The van der Waals surface area contributed by atoms with Gasteiger partial charge in [-0.3, -0.25) is 4.79 Å². The third kappa shape index (κ3) is 4.92. The highest BCUT2D eigenvalue weighted by Gasteiger charge is 2.20. The fourth-order valence-corrected chi connectivity index (χ4v) is 3.75. The average molecular weight is 422 g/mol. The number of nitrogens with two attached hydrogens (primary N) is 1. The molecule has 0 saturated heterocycles. The topological polar surface area (TPSA) is 68.0 Å². The lowest BCUT2D eigenvalue weighted by atomic mass is 10.0. The number of carbonyl (C=O) groups excluding carboxylic acids is 1. The first-order valence-electron chi connectivity index (χ1n) is 8.56. The van der Waals surface area contributed by atoms with Gasteiger partial charge in [-0.1, -0.05) is 30.7 Å². The molecule has 0 unspecified atom stereocenters. The standard InChI is InChI=1S/C20H18ClF2N3OS/c1-11(19(27)26-14-6-7-16(23)15(21)9-14)8-17(24)20-25-10-18(28-20)12-2-4-13(22)5-3-12/h2-7,9-11,17H,8,24H2,1H3,(H,26,27)/t11-,17+/m0/s1. The second-order valence-corrected chi connectivity index (χ2v) is 7.90. The largest absolute Gasteiger partial charge is 0.326 e. The number of benzene rings is 2. The number of nitrogens with zero attached hydrogens (tertiary/aromatic N) is 1. The van der Waals surface area contributed by atoms with Gasteiger partial charge >= 0.3 is 0 Å². The number of hydrogen-bond acceptors (Lipinski definition) is 4. The molecule has 4 nitrogen and oxygen atoms in total. The van der Waals surface area contributed by atoms with Gasteiger partial charge < -0.3 is 11.1 Å². The Hall–Kier alpha value is -2.35. The summed E-state index contributed by atoms with van der Waals surface area (Å²) in [6.07, 6.45) is 2.08. The van der Waals surface area contributed by atoms with Gasteiger partial charge in [-0.25, -0.2) is 13.8 Å². The van der Waals surface area contributed by atoms with Gasteiger partial charge in [0, 0.05) is 17.8 Å². The van der Waals surface area contributed by atoms with Crippen LogP contribution in [0.5, 0.6) is 0 Å². The number of nitrogens with one attached hydrogen (secondary N) is 1. The van der Waals surface area contributed by atoms with E-state index in [0.29, 0.717) is 17.1 Å². The van der Waals surface area contributed by atoms with E-state index in [1.165, 1.54) is 41.7 Å². The van der Waals surface area contributed by atoms with E-state index in [9.17, 15) is 13.6 Å². The van der Waals surface area contributed by atoms with Gasteiger partial charge in [0.25, 0.3) is 0 Å². The van der Waals surface area contributed by atoms with Crippen molar-refractivity contribution in [3.63, 3.8) is 0 Å². The SMILES string of the molecule is C[C@@H](C[C@@H](N)c1ncc(-c2ccc(F)cc2)s1)C(=O)Nc1ccc(F)c(Cl)c1. The molecule has 2 atom stereocenters. The Balaban J connectivity index is 1.62. The van der Waals surface area contributed by atoms with Crippen LogP contribution >= 0.6 is 22.9 Å². The van der Waals surface area contributed by atoms with Crippen LogP contribution in [0.2, 0.25) is 5.02 Å². The first-order chi connectivity index (χ1) is 13.3. The number of halogens is 3. The summed E-state index contributed by atoms with van der Waals surface area (Å²) >= 11 is 7.14. The third-order valence-corrected chi connectivity index (χ3v) is 5.68. The molecule has 1 amide bonds. The second kappa shape index (κ2) is 8.77. The first-order valence-corrected chi connectivity index (χ1v) is 9.76. The van der Waals surface area contributed by atoms with E-state index in [4.69, 9.17) is 17.3 Å². The van der Waals surface area contributed by atoms with E-state index in [1.807, 2.05) is 0 Å². The first kappa shape index (κ1) is 20.4. The number of hydrogen-bond donors (Lipinski definition) is 2. The molecule has 0 aliphatic carbocycles. The molecule has 3 rings (SSSR count). The fraction of sp³-hybridized carbons (Fsp3) is 0.200. The lowest BCUT2D eigenvalue weighted by molar-refractivity contribution is -0.119. The number of thiazole rings is 1. The molecule has 2 aromatic carbocycles. The third-order valence-electron chi connectivity index (χ3n) is 4.21. The molecule has 0 fully saturated rings. The molecule has 0 aliphatic heterocycles. The molecule has 8 heteroatoms. The van der Waals surface area contributed by atoms with Gasteiger partial charge in [-0.2, -0.15) is 0 Å². The summed E-state index contributed by atoms with van der Waals surface area (Å²) in [6, 6.07) is 9.73. The maximum atomic E-state index is 13.2. The van der Waals surface area contributed by atoms with Crippen LogP contribution in [-0.2, 0) is 4.79 Å². The molecule has 3 N–H and O–H groups in total. The Morgan fingerprint density at radius 2 is 1.96 bits per heavy atom. The molecular formula is C20H18ClF2N3OS. The predicted molar refractivity (Wildman–Crippen MR) is 108 cm³/mol. The molecule has 28 heavy (non-hydrogen) atoms. The van der Waals surface area contributed by atoms with E-state index < -0.39 is 17.8 Å². The average Bonchev–Trinajstić information content (AvgIpc) is 3.15. The van der Waals surface area contributed by atoms with Crippen molar-refractivity contribution < 1.29 is 13.6 Å². The van der Waals surface area contributed by atoms with Crippen molar-refractivity contribution in [2.75, 3.05) is 5.32 Å². The Kier molecular flexibility index (Phi) is 6.39. The van der Waals surface area contributed by atoms with Crippen LogP contribution in [0.3, 0.4) is 0 Å². The monoisotopic (exact) mass is 421 g/mol. The highest BCUT2D eigenvalue weighted by Crippen LogP contribution is 2.31. The van der Waals surface area contributed by atoms with Crippen LogP contribution in [0.25, 0.3) is 10.4 Å². The number of carbonyl (C=O) groups is 1. The fourth-order valence-electron chi connectivity index (χ4n) is 2.63. The highest BCUT2D eigenvalue weighted by atomic mass is 35.5. The van der Waals surface area contributed by atoms with Crippen LogP contribution in [-0.4, -0.2) is 10.9 Å². The maximum Gasteiger partial charge on any atom is 0.227 e. The molecule has 1 aromatic heterocycles. The smallest absolute Gasteiger partial charge is 0.227 e. The van der Waals surface area contributed by atoms with Crippen molar-refractivity contribution in [2.45, 2.75) is 19.4 Å².